The second-order valence-corrected chi connectivity index (χ2v) is 8.48. The SMILES string of the molecule is CCCCCn1c(N2CCCC[C@@H]2C(=O)O)cc(=O)n2cc(-c3ccc(Cl)cc3)nc12. The van der Waals surface area contributed by atoms with Crippen LogP contribution < -0.4 is 10.5 Å². The minimum atomic E-state index is -0.850. The number of anilines is 1. The van der Waals surface area contributed by atoms with Crippen LogP contribution in [0, 0.1) is 0 Å². The monoisotopic (exact) mass is 442 g/mol. The zero-order valence-corrected chi connectivity index (χ0v) is 18.4. The maximum Gasteiger partial charge on any atom is 0.326 e. The first kappa shape index (κ1) is 21.4. The quantitative estimate of drug-likeness (QED) is 0.547. The maximum atomic E-state index is 13.0. The second-order valence-electron chi connectivity index (χ2n) is 8.05. The molecule has 3 heterocycles. The lowest BCUT2D eigenvalue weighted by atomic mass is 10.0. The molecule has 0 radical (unpaired) electrons. The van der Waals surface area contributed by atoms with Crippen LogP contribution in [0.5, 0.6) is 0 Å². The lowest BCUT2D eigenvalue weighted by Gasteiger charge is -2.36. The van der Waals surface area contributed by atoms with E-state index in [2.05, 4.69) is 6.92 Å². The summed E-state index contributed by atoms with van der Waals surface area (Å²) in [4.78, 5) is 31.6. The molecule has 1 aliphatic rings. The molecular formula is C23H27ClN4O3. The number of imidazole rings is 1. The number of rotatable bonds is 7. The van der Waals surface area contributed by atoms with Gasteiger partial charge in [0, 0.05) is 35.9 Å². The number of carboxylic acids is 1. The van der Waals surface area contributed by atoms with Gasteiger partial charge in [0.2, 0.25) is 5.78 Å². The average Bonchev–Trinajstić information content (AvgIpc) is 3.22. The summed E-state index contributed by atoms with van der Waals surface area (Å²) >= 11 is 6.01. The molecule has 0 aliphatic carbocycles. The van der Waals surface area contributed by atoms with Crippen LogP contribution in [0.1, 0.15) is 45.4 Å². The number of benzene rings is 1. The van der Waals surface area contributed by atoms with Gasteiger partial charge in [-0.15, -0.1) is 0 Å². The number of fused-ring (bicyclic) bond motifs is 1. The second kappa shape index (κ2) is 9.14. The average molecular weight is 443 g/mol. The molecule has 0 spiro atoms. The van der Waals surface area contributed by atoms with E-state index in [1.807, 2.05) is 21.6 Å². The summed E-state index contributed by atoms with van der Waals surface area (Å²) < 4.78 is 3.57. The first-order chi connectivity index (χ1) is 15.0. The minimum Gasteiger partial charge on any atom is -0.480 e. The summed E-state index contributed by atoms with van der Waals surface area (Å²) in [7, 11) is 0. The zero-order chi connectivity index (χ0) is 22.0. The molecule has 0 unspecified atom stereocenters. The molecule has 0 bridgehead atoms. The van der Waals surface area contributed by atoms with Gasteiger partial charge in [-0.1, -0.05) is 43.5 Å². The summed E-state index contributed by atoms with van der Waals surface area (Å²) in [5.41, 5.74) is 1.35. The van der Waals surface area contributed by atoms with Crippen LogP contribution in [0.15, 0.2) is 41.3 Å². The summed E-state index contributed by atoms with van der Waals surface area (Å²) in [5, 5.41) is 10.4. The van der Waals surface area contributed by atoms with Gasteiger partial charge in [0.05, 0.1) is 5.69 Å². The van der Waals surface area contributed by atoms with Crippen molar-refractivity contribution in [1.29, 1.82) is 0 Å². The summed E-state index contributed by atoms with van der Waals surface area (Å²) in [5.74, 6) is 0.338. The molecule has 1 aliphatic heterocycles. The van der Waals surface area contributed by atoms with Crippen LogP contribution in [-0.2, 0) is 11.3 Å². The molecule has 164 valence electrons. The van der Waals surface area contributed by atoms with Gasteiger partial charge in [0.1, 0.15) is 11.9 Å². The maximum absolute atomic E-state index is 13.0. The molecule has 1 saturated heterocycles. The van der Waals surface area contributed by atoms with Crippen molar-refractivity contribution in [3.63, 3.8) is 0 Å². The van der Waals surface area contributed by atoms with E-state index < -0.39 is 12.0 Å². The Morgan fingerprint density at radius 1 is 1.23 bits per heavy atom. The van der Waals surface area contributed by atoms with Crippen molar-refractivity contribution in [3.8, 4) is 11.3 Å². The van der Waals surface area contributed by atoms with E-state index in [9.17, 15) is 14.7 Å². The topological polar surface area (TPSA) is 79.8 Å². The van der Waals surface area contributed by atoms with Gasteiger partial charge in [-0.2, -0.15) is 0 Å². The Balaban J connectivity index is 1.86. The summed E-state index contributed by atoms with van der Waals surface area (Å²) in [6, 6.07) is 8.28. The van der Waals surface area contributed by atoms with E-state index in [0.717, 1.165) is 37.7 Å². The van der Waals surface area contributed by atoms with Crippen molar-refractivity contribution >= 4 is 29.2 Å². The van der Waals surface area contributed by atoms with Crippen LogP contribution in [0.25, 0.3) is 17.0 Å². The third kappa shape index (κ3) is 4.32. The van der Waals surface area contributed by atoms with Crippen LogP contribution in [-0.4, -0.2) is 37.6 Å². The van der Waals surface area contributed by atoms with E-state index >= 15 is 0 Å². The van der Waals surface area contributed by atoms with Gasteiger partial charge in [0.15, 0.2) is 0 Å². The van der Waals surface area contributed by atoms with Crippen molar-refractivity contribution in [2.75, 3.05) is 11.4 Å². The van der Waals surface area contributed by atoms with Gasteiger partial charge in [-0.3, -0.25) is 13.8 Å². The van der Waals surface area contributed by atoms with Crippen molar-refractivity contribution in [3.05, 3.63) is 51.9 Å². The molecule has 1 fully saturated rings. The summed E-state index contributed by atoms with van der Waals surface area (Å²) in [6.45, 7) is 3.43. The molecule has 31 heavy (non-hydrogen) atoms. The van der Waals surface area contributed by atoms with Gasteiger partial charge in [0.25, 0.3) is 5.56 Å². The van der Waals surface area contributed by atoms with Gasteiger partial charge >= 0.3 is 5.97 Å². The third-order valence-electron chi connectivity index (χ3n) is 5.90. The Kier molecular flexibility index (Phi) is 6.32. The fourth-order valence-corrected chi connectivity index (χ4v) is 4.40. The predicted molar refractivity (Wildman–Crippen MR) is 122 cm³/mol. The van der Waals surface area contributed by atoms with Crippen molar-refractivity contribution in [2.45, 2.75) is 58.0 Å². The highest BCUT2D eigenvalue weighted by atomic mass is 35.5. The number of halogens is 1. The number of carbonyl (C=O) groups is 1. The fourth-order valence-electron chi connectivity index (χ4n) is 4.28. The number of nitrogens with zero attached hydrogens (tertiary/aromatic N) is 4. The Morgan fingerprint density at radius 3 is 2.71 bits per heavy atom. The molecule has 7 nitrogen and oxygen atoms in total. The van der Waals surface area contributed by atoms with E-state index in [1.165, 1.54) is 0 Å². The molecule has 1 N–H and O–H groups in total. The predicted octanol–water partition coefficient (Wildman–Crippen LogP) is 4.45. The molecule has 8 heteroatoms. The number of carboxylic acid groups (broad SMARTS) is 1. The lowest BCUT2D eigenvalue weighted by molar-refractivity contribution is -0.139. The van der Waals surface area contributed by atoms with Crippen molar-refractivity contribution in [2.24, 2.45) is 0 Å². The standard InChI is InChI=1S/C23H27ClN4O3/c1-2-3-5-13-27-20(26-12-6-4-7-19(26)22(30)31)14-21(29)28-15-18(25-23(27)28)16-8-10-17(24)11-9-16/h8-11,14-15,19H,2-7,12-13H2,1H3,(H,30,31)/t19-/m1/s1. The van der Waals surface area contributed by atoms with Crippen molar-refractivity contribution < 1.29 is 9.90 Å². The first-order valence-electron chi connectivity index (χ1n) is 10.9. The molecule has 3 aromatic rings. The Labute approximate surface area is 185 Å². The van der Waals surface area contributed by atoms with Gasteiger partial charge < -0.3 is 10.0 Å². The van der Waals surface area contributed by atoms with Crippen LogP contribution in [0.3, 0.4) is 0 Å². The largest absolute Gasteiger partial charge is 0.480 e. The van der Waals surface area contributed by atoms with Crippen LogP contribution in [0.2, 0.25) is 5.02 Å². The van der Waals surface area contributed by atoms with Crippen LogP contribution in [0.4, 0.5) is 5.82 Å². The normalized spacial score (nSPS) is 16.7. The molecular weight excluding hydrogens is 416 g/mol. The smallest absolute Gasteiger partial charge is 0.326 e. The fraction of sp³-hybridized carbons (Fsp3) is 0.435. The number of aryl methyl sites for hydroxylation is 1. The minimum absolute atomic E-state index is 0.209. The molecule has 2 aromatic heterocycles. The Hall–Kier alpha value is -2.80. The molecule has 4 rings (SSSR count). The lowest BCUT2D eigenvalue weighted by Crippen LogP contribution is -2.46. The Morgan fingerprint density at radius 2 is 2.00 bits per heavy atom. The highest BCUT2D eigenvalue weighted by Gasteiger charge is 2.31. The zero-order valence-electron chi connectivity index (χ0n) is 17.6. The summed E-state index contributed by atoms with van der Waals surface area (Å²) in [6.07, 6.45) is 7.14. The van der Waals surface area contributed by atoms with E-state index in [-0.39, 0.29) is 5.56 Å². The van der Waals surface area contributed by atoms with Gasteiger partial charge in [-0.05, 0) is 37.8 Å². The van der Waals surface area contributed by atoms with Crippen LogP contribution >= 0.6 is 11.6 Å². The number of aromatic nitrogens is 3. The van der Waals surface area contributed by atoms with E-state index in [0.29, 0.717) is 41.8 Å². The highest BCUT2D eigenvalue weighted by molar-refractivity contribution is 6.30. The molecule has 0 saturated carbocycles. The number of unbranched alkanes of at least 4 members (excludes halogenated alkanes) is 2. The number of piperidine rings is 1. The van der Waals surface area contributed by atoms with E-state index in [4.69, 9.17) is 16.6 Å². The first-order valence-corrected chi connectivity index (χ1v) is 11.3. The number of hydrogen-bond acceptors (Lipinski definition) is 4. The number of aliphatic carboxylic acids is 1. The molecule has 1 atom stereocenters. The van der Waals surface area contributed by atoms with E-state index in [1.54, 1.807) is 28.8 Å². The molecule has 1 aromatic carbocycles. The van der Waals surface area contributed by atoms with Crippen molar-refractivity contribution in [1.82, 2.24) is 14.0 Å². The number of hydrogen-bond donors (Lipinski definition) is 1. The van der Waals surface area contributed by atoms with Gasteiger partial charge in [-0.25, -0.2) is 9.78 Å². The molecule has 0 amide bonds. The Bertz CT molecular complexity index is 1140. The third-order valence-corrected chi connectivity index (χ3v) is 6.15. The highest BCUT2D eigenvalue weighted by Crippen LogP contribution is 2.27.